The third-order valence-electron chi connectivity index (χ3n) is 11.1. The molecule has 0 radical (unpaired) electrons. The van der Waals surface area contributed by atoms with E-state index in [4.69, 9.17) is 24.7 Å². The van der Waals surface area contributed by atoms with Gasteiger partial charge in [-0.15, -0.1) is 0 Å². The van der Waals surface area contributed by atoms with Crippen LogP contribution >= 0.6 is 0 Å². The molecule has 10 N–H and O–H groups in total. The van der Waals surface area contributed by atoms with Gasteiger partial charge in [0.15, 0.2) is 0 Å². The van der Waals surface area contributed by atoms with Crippen LogP contribution in [-0.4, -0.2) is 203 Å². The molecule has 22 nitrogen and oxygen atoms in total. The van der Waals surface area contributed by atoms with Crippen molar-refractivity contribution in [2.24, 2.45) is 29.4 Å². The van der Waals surface area contributed by atoms with E-state index in [1.165, 1.54) is 14.7 Å². The SMILES string of the molecule is CC(C)(C)OC(=O)N1CC(O)C(CN)C1.CC(C)(C)OC(=O)N1CC(O)C(CNC(=O)C(F)(F)F)C1.CC(C)(C)OC(=O)N1CC(O)C(CNC(=O)OCc2ccccc2)C1.O=C(NCC1CNCC1O)C(F)(F)F. The average molecular weight is 1090 g/mol. The van der Waals surface area contributed by atoms with Gasteiger partial charge in [0.2, 0.25) is 0 Å². The summed E-state index contributed by atoms with van der Waals surface area (Å²) in [5.41, 5.74) is 4.59. The van der Waals surface area contributed by atoms with Crippen molar-refractivity contribution in [1.82, 2.24) is 36.0 Å². The fourth-order valence-corrected chi connectivity index (χ4v) is 7.19. The number of carbonyl (C=O) groups excluding carboxylic acids is 6. The van der Waals surface area contributed by atoms with E-state index in [0.29, 0.717) is 39.3 Å². The molecule has 0 aromatic heterocycles. The Morgan fingerprint density at radius 1 is 0.547 bits per heavy atom. The molecule has 0 saturated carbocycles. The number of carbonyl (C=O) groups is 6. The molecule has 8 atom stereocenters. The van der Waals surface area contributed by atoms with Gasteiger partial charge in [-0.25, -0.2) is 19.2 Å². The summed E-state index contributed by atoms with van der Waals surface area (Å²) < 4.78 is 92.1. The summed E-state index contributed by atoms with van der Waals surface area (Å²) in [5.74, 6) is -5.32. The van der Waals surface area contributed by atoms with Crippen molar-refractivity contribution in [3.05, 3.63) is 35.9 Å². The van der Waals surface area contributed by atoms with E-state index < -0.39 is 89.6 Å². The second-order valence-corrected chi connectivity index (χ2v) is 21.2. The van der Waals surface area contributed by atoms with Gasteiger partial charge in [-0.2, -0.15) is 26.3 Å². The minimum Gasteiger partial charge on any atom is -0.445 e. The second kappa shape index (κ2) is 28.6. The lowest BCUT2D eigenvalue weighted by molar-refractivity contribution is -0.173. The first-order chi connectivity index (χ1) is 34.4. The summed E-state index contributed by atoms with van der Waals surface area (Å²) in [6.45, 7) is 18.2. The first-order valence-electron chi connectivity index (χ1n) is 24.1. The molecule has 28 heteroatoms. The van der Waals surface area contributed by atoms with Crippen molar-refractivity contribution in [2.75, 3.05) is 78.5 Å². The van der Waals surface area contributed by atoms with Crippen LogP contribution in [0.1, 0.15) is 67.9 Å². The van der Waals surface area contributed by atoms with Gasteiger partial charge in [-0.3, -0.25) is 9.59 Å². The number of β-amino-alcohol motifs (C(OH)–C–C–N with tert-alkyl or cyclic N) is 4. The zero-order chi connectivity index (χ0) is 57.3. The molecule has 4 fully saturated rings. The maximum atomic E-state index is 12.1. The first-order valence-corrected chi connectivity index (χ1v) is 24.1. The number of halogens is 6. The van der Waals surface area contributed by atoms with Gasteiger partial charge < -0.3 is 81.1 Å². The molecule has 430 valence electrons. The van der Waals surface area contributed by atoms with E-state index in [1.54, 1.807) is 52.2 Å². The van der Waals surface area contributed by atoms with Gasteiger partial charge in [-0.05, 0) is 74.4 Å². The van der Waals surface area contributed by atoms with Crippen molar-refractivity contribution in [3.63, 3.8) is 0 Å². The van der Waals surface area contributed by atoms with E-state index in [2.05, 4.69) is 10.6 Å². The summed E-state index contributed by atoms with van der Waals surface area (Å²) >= 11 is 0. The quantitative estimate of drug-likeness (QED) is 0.127. The Labute approximate surface area is 432 Å². The Morgan fingerprint density at radius 3 is 1.24 bits per heavy atom. The number of ether oxygens (including phenoxy) is 4. The number of alkyl carbamates (subject to hydrolysis) is 1. The molecule has 6 amide bonds. The van der Waals surface area contributed by atoms with Gasteiger partial charge in [0, 0.05) is 76.0 Å². The van der Waals surface area contributed by atoms with Crippen LogP contribution < -0.4 is 27.0 Å². The molecule has 4 heterocycles. The van der Waals surface area contributed by atoms with Crippen molar-refractivity contribution in [2.45, 2.75) is 122 Å². The molecule has 1 aromatic rings. The third kappa shape index (κ3) is 25.3. The van der Waals surface area contributed by atoms with E-state index in [1.807, 2.05) is 51.1 Å². The number of nitrogens with zero attached hydrogens (tertiary/aromatic N) is 3. The maximum absolute atomic E-state index is 12.1. The predicted molar refractivity (Wildman–Crippen MR) is 256 cm³/mol. The Kier molecular flexibility index (Phi) is 25.1. The summed E-state index contributed by atoms with van der Waals surface area (Å²) in [6.07, 6.45) is -14.8. The maximum Gasteiger partial charge on any atom is 0.471 e. The van der Waals surface area contributed by atoms with Crippen LogP contribution in [0.15, 0.2) is 30.3 Å². The average Bonchev–Trinajstić information content (AvgIpc) is 4.07. The number of amides is 6. The summed E-state index contributed by atoms with van der Waals surface area (Å²) in [5, 5.41) is 47.5. The third-order valence-corrected chi connectivity index (χ3v) is 11.1. The lowest BCUT2D eigenvalue weighted by Gasteiger charge is -2.24. The summed E-state index contributed by atoms with van der Waals surface area (Å²) in [6, 6.07) is 9.37. The highest BCUT2D eigenvalue weighted by atomic mass is 19.4. The van der Waals surface area contributed by atoms with E-state index in [9.17, 15) is 75.5 Å². The highest BCUT2D eigenvalue weighted by Gasteiger charge is 2.42. The second-order valence-electron chi connectivity index (χ2n) is 21.2. The number of hydrogen-bond acceptors (Lipinski definition) is 16. The van der Waals surface area contributed by atoms with Crippen LogP contribution in [-0.2, 0) is 35.1 Å². The number of aliphatic hydroxyl groups is 4. The highest BCUT2D eigenvalue weighted by Crippen LogP contribution is 2.23. The monoisotopic (exact) mass is 1090 g/mol. The minimum absolute atomic E-state index is 0.0220. The van der Waals surface area contributed by atoms with Gasteiger partial charge in [-0.1, -0.05) is 30.3 Å². The molecule has 4 aliphatic rings. The predicted octanol–water partition coefficient (Wildman–Crippen LogP) is 2.45. The fourth-order valence-electron chi connectivity index (χ4n) is 7.19. The van der Waals surface area contributed by atoms with Crippen LogP contribution in [0.5, 0.6) is 0 Å². The standard InChI is InChI=1S/C18H26N2O5.C12H19F3N2O4.C10H20N2O3.C7H11F3N2O2/c1-18(2,3)25-17(23)20-10-14(15(21)11-20)9-19-16(22)24-12-13-7-5-4-6-8-13;1-11(2,3)21-10(20)17-5-7(8(18)6-17)4-16-9(19)12(13,14)15;1-10(2,3)15-9(14)12-5-7(4-11)8(13)6-12;8-7(9,10)6(14)12-2-4-1-11-3-5(4)13/h4-8,14-15,21H,9-12H2,1-3H3,(H,19,22);7-8,18H,4-6H2,1-3H3,(H,16,19);7-8,13H,4-6,11H2,1-3H3;4-5,11,13H,1-3H2,(H,12,14). The zero-order valence-electron chi connectivity index (χ0n) is 43.8. The topological polar surface area (TPSA) is 304 Å². The van der Waals surface area contributed by atoms with E-state index >= 15 is 0 Å². The van der Waals surface area contributed by atoms with Crippen molar-refractivity contribution < 1.29 is 94.5 Å². The highest BCUT2D eigenvalue weighted by molar-refractivity contribution is 5.82. The summed E-state index contributed by atoms with van der Waals surface area (Å²) in [7, 11) is 0. The normalized spacial score (nSPS) is 23.8. The number of alkyl halides is 6. The molecule has 1 aromatic carbocycles. The summed E-state index contributed by atoms with van der Waals surface area (Å²) in [4.78, 5) is 72.5. The van der Waals surface area contributed by atoms with Crippen molar-refractivity contribution in [1.29, 1.82) is 0 Å². The Bertz CT molecular complexity index is 1990. The molecule has 0 bridgehead atoms. The van der Waals surface area contributed by atoms with Crippen LogP contribution in [0.25, 0.3) is 0 Å². The number of nitrogens with two attached hydrogens (primary N) is 1. The number of likely N-dealkylation sites (tertiary alicyclic amines) is 3. The first kappa shape index (κ1) is 65.7. The van der Waals surface area contributed by atoms with Gasteiger partial charge >= 0.3 is 48.5 Å². The number of benzene rings is 1. The van der Waals surface area contributed by atoms with Crippen LogP contribution in [0.4, 0.5) is 45.5 Å². The van der Waals surface area contributed by atoms with Gasteiger partial charge in [0.1, 0.15) is 23.4 Å². The minimum atomic E-state index is -4.96. The van der Waals surface area contributed by atoms with E-state index in [-0.39, 0.29) is 69.7 Å². The van der Waals surface area contributed by atoms with Crippen molar-refractivity contribution in [3.8, 4) is 0 Å². The molecule has 8 unspecified atom stereocenters. The number of nitrogens with one attached hydrogen (secondary N) is 4. The molecule has 4 aliphatic heterocycles. The largest absolute Gasteiger partial charge is 0.471 e. The molecule has 75 heavy (non-hydrogen) atoms. The molecular weight excluding hydrogens is 1010 g/mol. The number of aliphatic hydroxyl groups excluding tert-OH is 4. The van der Waals surface area contributed by atoms with Gasteiger partial charge in [0.05, 0.1) is 44.1 Å². The fraction of sp³-hybridized carbons (Fsp3) is 0.745. The van der Waals surface area contributed by atoms with Crippen LogP contribution in [0, 0.1) is 23.7 Å². The lowest BCUT2D eigenvalue weighted by atomic mass is 10.1. The Hall–Kier alpha value is -5.42. The molecule has 0 spiro atoms. The van der Waals surface area contributed by atoms with Crippen molar-refractivity contribution >= 4 is 36.2 Å². The number of hydrogen-bond donors (Lipinski definition) is 9. The molecule has 0 aliphatic carbocycles. The van der Waals surface area contributed by atoms with Crippen LogP contribution in [0.3, 0.4) is 0 Å². The smallest absolute Gasteiger partial charge is 0.445 e. The van der Waals surface area contributed by atoms with E-state index in [0.717, 1.165) is 5.56 Å². The lowest BCUT2D eigenvalue weighted by Crippen LogP contribution is -2.41. The Morgan fingerprint density at radius 2 is 0.907 bits per heavy atom. The Balaban J connectivity index is 0.000000352. The zero-order valence-corrected chi connectivity index (χ0v) is 43.8. The number of rotatable bonds is 9. The van der Waals surface area contributed by atoms with Gasteiger partial charge in [0.25, 0.3) is 0 Å². The van der Waals surface area contributed by atoms with Crippen LogP contribution in [0.2, 0.25) is 0 Å². The molecule has 4 saturated heterocycles. The molecule has 5 rings (SSSR count). The molecular formula is C47H76F6N8O14.